The number of carbonyl (C=O) groups is 1. The number of fused-ring (bicyclic) bond motifs is 1. The molecule has 14 heavy (non-hydrogen) atoms. The molecule has 4 N–H and O–H groups in total. The van der Waals surface area contributed by atoms with Crippen LogP contribution in [0.15, 0.2) is 12.1 Å². The zero-order chi connectivity index (χ0) is 10.3. The lowest BCUT2D eigenvalue weighted by Gasteiger charge is -2.22. The van der Waals surface area contributed by atoms with Gasteiger partial charge in [0.1, 0.15) is 0 Å². The maximum absolute atomic E-state index is 11.9. The van der Waals surface area contributed by atoms with E-state index in [0.717, 1.165) is 18.4 Å². The maximum Gasteiger partial charge on any atom is 0.168 e. The highest BCUT2D eigenvalue weighted by Crippen LogP contribution is 2.32. The van der Waals surface area contributed by atoms with Crippen molar-refractivity contribution >= 4 is 17.2 Å². The van der Waals surface area contributed by atoms with Gasteiger partial charge in [0.2, 0.25) is 0 Å². The van der Waals surface area contributed by atoms with E-state index >= 15 is 0 Å². The van der Waals surface area contributed by atoms with Crippen molar-refractivity contribution < 1.29 is 4.79 Å². The third kappa shape index (κ3) is 1.16. The molecule has 0 saturated carbocycles. The molecule has 0 spiro atoms. The Morgan fingerprint density at radius 3 is 2.64 bits per heavy atom. The van der Waals surface area contributed by atoms with Gasteiger partial charge in [-0.05, 0) is 30.5 Å². The largest absolute Gasteiger partial charge is 0.398 e. The van der Waals surface area contributed by atoms with Crippen LogP contribution in [0.4, 0.5) is 11.4 Å². The number of hydrogen-bond donors (Lipinski definition) is 2. The van der Waals surface area contributed by atoms with Crippen molar-refractivity contribution in [2.24, 2.45) is 5.92 Å². The van der Waals surface area contributed by atoms with E-state index < -0.39 is 0 Å². The average molecular weight is 190 g/mol. The predicted molar refractivity (Wildman–Crippen MR) is 57.1 cm³/mol. The number of benzene rings is 1. The van der Waals surface area contributed by atoms with Crippen LogP contribution in [-0.4, -0.2) is 5.78 Å². The van der Waals surface area contributed by atoms with E-state index in [4.69, 9.17) is 11.5 Å². The first-order valence-corrected chi connectivity index (χ1v) is 4.82. The Morgan fingerprint density at radius 2 is 1.93 bits per heavy atom. The van der Waals surface area contributed by atoms with Gasteiger partial charge in [-0.25, -0.2) is 0 Å². The molecular weight excluding hydrogens is 176 g/mol. The van der Waals surface area contributed by atoms with E-state index in [9.17, 15) is 4.79 Å². The minimum atomic E-state index is 0.0756. The maximum atomic E-state index is 11.9. The molecule has 1 aromatic rings. The number of ketones is 1. The Hall–Kier alpha value is -1.51. The number of nitrogen functional groups attached to an aromatic ring is 2. The predicted octanol–water partition coefficient (Wildman–Crippen LogP) is 1.62. The van der Waals surface area contributed by atoms with Gasteiger partial charge >= 0.3 is 0 Å². The van der Waals surface area contributed by atoms with Crippen LogP contribution in [0, 0.1) is 5.92 Å². The number of nitrogens with two attached hydrogens (primary N) is 2. The van der Waals surface area contributed by atoms with Crippen molar-refractivity contribution in [1.29, 1.82) is 0 Å². The molecule has 0 heterocycles. The summed E-state index contributed by atoms with van der Waals surface area (Å²) in [5.74, 6) is 0.211. The molecule has 0 bridgehead atoms. The van der Waals surface area contributed by atoms with Crippen molar-refractivity contribution in [2.45, 2.75) is 19.8 Å². The molecule has 3 heteroatoms. The van der Waals surface area contributed by atoms with E-state index in [1.165, 1.54) is 0 Å². The molecule has 74 valence electrons. The fourth-order valence-electron chi connectivity index (χ4n) is 1.98. The molecule has 1 aliphatic rings. The van der Waals surface area contributed by atoms with Crippen LogP contribution >= 0.6 is 0 Å². The summed E-state index contributed by atoms with van der Waals surface area (Å²) in [7, 11) is 0. The minimum Gasteiger partial charge on any atom is -0.398 e. The van der Waals surface area contributed by atoms with Gasteiger partial charge in [-0.1, -0.05) is 6.92 Å². The van der Waals surface area contributed by atoms with Gasteiger partial charge in [0.05, 0.1) is 0 Å². The number of carbonyl (C=O) groups excluding carboxylic acids is 1. The van der Waals surface area contributed by atoms with Crippen LogP contribution < -0.4 is 11.5 Å². The first kappa shape index (κ1) is 9.06. The van der Waals surface area contributed by atoms with E-state index in [1.807, 2.05) is 6.92 Å². The van der Waals surface area contributed by atoms with Crippen LogP contribution in [0.5, 0.6) is 0 Å². The summed E-state index contributed by atoms with van der Waals surface area (Å²) in [5.41, 5.74) is 14.4. The van der Waals surface area contributed by atoms with Crippen LogP contribution in [0.25, 0.3) is 0 Å². The minimum absolute atomic E-state index is 0.0756. The first-order chi connectivity index (χ1) is 6.61. The van der Waals surface area contributed by atoms with Crippen molar-refractivity contribution in [3.8, 4) is 0 Å². The molecule has 0 amide bonds. The number of Topliss-reactive ketones (excluding diaryl/α,β-unsaturated/α-hetero) is 1. The molecule has 0 saturated heterocycles. The van der Waals surface area contributed by atoms with E-state index in [0.29, 0.717) is 16.9 Å². The SMILES string of the molecule is CC1CCc2c(N)ccc(N)c2C1=O. The highest BCUT2D eigenvalue weighted by Gasteiger charge is 2.27. The van der Waals surface area contributed by atoms with Crippen LogP contribution in [0.1, 0.15) is 29.3 Å². The van der Waals surface area contributed by atoms with Gasteiger partial charge in [-0.2, -0.15) is 0 Å². The fraction of sp³-hybridized carbons (Fsp3) is 0.364. The number of hydrogen-bond acceptors (Lipinski definition) is 3. The highest BCUT2D eigenvalue weighted by atomic mass is 16.1. The Morgan fingerprint density at radius 1 is 1.29 bits per heavy atom. The summed E-state index contributed by atoms with van der Waals surface area (Å²) in [5, 5.41) is 0. The quantitative estimate of drug-likeness (QED) is 0.611. The lowest BCUT2D eigenvalue weighted by atomic mass is 9.82. The average Bonchev–Trinajstić information content (AvgIpc) is 2.16. The summed E-state index contributed by atoms with van der Waals surface area (Å²) in [6, 6.07) is 3.49. The van der Waals surface area contributed by atoms with Crippen molar-refractivity contribution in [1.82, 2.24) is 0 Å². The van der Waals surface area contributed by atoms with Crippen molar-refractivity contribution in [3.63, 3.8) is 0 Å². The molecule has 2 rings (SSSR count). The molecule has 3 nitrogen and oxygen atoms in total. The standard InChI is InChI=1S/C11H14N2O/c1-6-2-3-7-8(12)4-5-9(13)10(7)11(6)14/h4-6H,2-3,12-13H2,1H3. The lowest BCUT2D eigenvalue weighted by Crippen LogP contribution is -2.22. The van der Waals surface area contributed by atoms with Crippen LogP contribution in [-0.2, 0) is 6.42 Å². The van der Waals surface area contributed by atoms with E-state index in [1.54, 1.807) is 12.1 Å². The molecule has 0 fully saturated rings. The van der Waals surface area contributed by atoms with Crippen LogP contribution in [0.2, 0.25) is 0 Å². The molecule has 1 unspecified atom stereocenters. The molecule has 1 atom stereocenters. The van der Waals surface area contributed by atoms with E-state index in [-0.39, 0.29) is 11.7 Å². The number of rotatable bonds is 0. The van der Waals surface area contributed by atoms with E-state index in [2.05, 4.69) is 0 Å². The molecule has 0 aromatic heterocycles. The van der Waals surface area contributed by atoms with Gasteiger partial charge in [0.25, 0.3) is 0 Å². The smallest absolute Gasteiger partial charge is 0.168 e. The third-order valence-corrected chi connectivity index (χ3v) is 2.90. The monoisotopic (exact) mass is 190 g/mol. The summed E-state index contributed by atoms with van der Waals surface area (Å²) in [4.78, 5) is 11.9. The van der Waals surface area contributed by atoms with Crippen LogP contribution in [0.3, 0.4) is 0 Å². The van der Waals surface area contributed by atoms with Crippen molar-refractivity contribution in [2.75, 3.05) is 11.5 Å². The lowest BCUT2D eigenvalue weighted by molar-refractivity contribution is 0.0915. The second-order valence-corrected chi connectivity index (χ2v) is 3.90. The summed E-state index contributed by atoms with van der Waals surface area (Å²) < 4.78 is 0. The summed E-state index contributed by atoms with van der Waals surface area (Å²) in [6.45, 7) is 1.94. The molecule has 0 aliphatic heterocycles. The molecule has 1 aliphatic carbocycles. The molecule has 1 aromatic carbocycles. The summed E-state index contributed by atoms with van der Waals surface area (Å²) in [6.07, 6.45) is 1.73. The fourth-order valence-corrected chi connectivity index (χ4v) is 1.98. The summed E-state index contributed by atoms with van der Waals surface area (Å²) >= 11 is 0. The Balaban J connectivity index is 2.64. The Kier molecular flexibility index (Phi) is 1.95. The molecular formula is C11H14N2O. The van der Waals surface area contributed by atoms with Gasteiger partial charge in [-0.3, -0.25) is 4.79 Å². The van der Waals surface area contributed by atoms with Gasteiger partial charge in [0.15, 0.2) is 5.78 Å². The normalized spacial score (nSPS) is 20.6. The van der Waals surface area contributed by atoms with Gasteiger partial charge in [0, 0.05) is 22.9 Å². The Bertz CT molecular complexity index is 399. The topological polar surface area (TPSA) is 69.1 Å². The van der Waals surface area contributed by atoms with Gasteiger partial charge < -0.3 is 11.5 Å². The zero-order valence-electron chi connectivity index (χ0n) is 8.21. The van der Waals surface area contributed by atoms with Crippen molar-refractivity contribution in [3.05, 3.63) is 23.3 Å². The third-order valence-electron chi connectivity index (χ3n) is 2.90. The molecule has 0 radical (unpaired) electrons. The zero-order valence-corrected chi connectivity index (χ0v) is 8.21. The number of anilines is 2. The second-order valence-electron chi connectivity index (χ2n) is 3.90. The van der Waals surface area contributed by atoms with Gasteiger partial charge in [-0.15, -0.1) is 0 Å². The second kappa shape index (κ2) is 3.01. The first-order valence-electron chi connectivity index (χ1n) is 4.82. The Labute approximate surface area is 83.1 Å². The highest BCUT2D eigenvalue weighted by molar-refractivity contribution is 6.05.